The Bertz CT molecular complexity index is 2850. The van der Waals surface area contributed by atoms with E-state index < -0.39 is 0 Å². The Labute approximate surface area is 340 Å². The van der Waals surface area contributed by atoms with Gasteiger partial charge in [0.15, 0.2) is 0 Å². The molecule has 0 aliphatic rings. The fourth-order valence-electron chi connectivity index (χ4n) is 8.36. The minimum Gasteiger partial charge on any atom is -0.311 e. The molecule has 0 amide bonds. The average Bonchev–Trinajstić information content (AvgIpc) is 3.30. The molecule has 0 atom stereocenters. The Hall–Kier alpha value is -7.68. The molecule has 0 aromatic heterocycles. The molecule has 0 radical (unpaired) electrons. The molecule has 0 fully saturated rings. The van der Waals surface area contributed by atoms with Crippen LogP contribution < -0.4 is 9.80 Å². The first-order valence-corrected chi connectivity index (χ1v) is 19.9. The van der Waals surface area contributed by atoms with Crippen LogP contribution in [-0.2, 0) is 0 Å². The van der Waals surface area contributed by atoms with Crippen LogP contribution in [0.5, 0.6) is 0 Å². The minimum absolute atomic E-state index is 1.10. The normalized spacial score (nSPS) is 11.1. The number of nitrogens with zero attached hydrogens (tertiary/aromatic N) is 2. The molecule has 0 spiro atoms. The second-order valence-corrected chi connectivity index (χ2v) is 14.5. The molecule has 0 saturated heterocycles. The SMILES string of the molecule is c1ccc(-c2c3ccccc3c(-c3ccc(N(c4ccccc4)c4ccc(-c5ccc(N(c6ccccc6)c6ccccc6)cc5)cc4)cc3)c3ccccc23)cc1. The number of benzene rings is 10. The third-order valence-corrected chi connectivity index (χ3v) is 11.0. The molecule has 0 bridgehead atoms. The van der Waals surface area contributed by atoms with Crippen molar-refractivity contribution >= 4 is 55.7 Å². The van der Waals surface area contributed by atoms with E-state index in [1.165, 1.54) is 54.9 Å². The molecule has 0 heterocycles. The van der Waals surface area contributed by atoms with Gasteiger partial charge in [-0.1, -0.05) is 170 Å². The summed E-state index contributed by atoms with van der Waals surface area (Å²) in [5, 5.41) is 5.03. The van der Waals surface area contributed by atoms with Gasteiger partial charge in [0.2, 0.25) is 0 Å². The number of anilines is 6. The smallest absolute Gasteiger partial charge is 0.0462 e. The Morgan fingerprint density at radius 2 is 0.397 bits per heavy atom. The Morgan fingerprint density at radius 3 is 0.707 bits per heavy atom. The van der Waals surface area contributed by atoms with Crippen molar-refractivity contribution in [1.29, 1.82) is 0 Å². The monoisotopic (exact) mass is 740 g/mol. The van der Waals surface area contributed by atoms with Crippen LogP contribution in [0.3, 0.4) is 0 Å². The molecule has 2 nitrogen and oxygen atoms in total. The average molecular weight is 741 g/mol. The second kappa shape index (κ2) is 15.5. The van der Waals surface area contributed by atoms with Crippen molar-refractivity contribution in [3.8, 4) is 33.4 Å². The Balaban J connectivity index is 0.998. The summed E-state index contributed by atoms with van der Waals surface area (Å²) in [6.45, 7) is 0. The minimum atomic E-state index is 1.10. The van der Waals surface area contributed by atoms with Crippen molar-refractivity contribution in [3.63, 3.8) is 0 Å². The maximum atomic E-state index is 2.34. The van der Waals surface area contributed by atoms with Gasteiger partial charge in [-0.2, -0.15) is 0 Å². The summed E-state index contributed by atoms with van der Waals surface area (Å²) in [6, 6.07) is 87.0. The molecule has 58 heavy (non-hydrogen) atoms. The van der Waals surface area contributed by atoms with Crippen LogP contribution in [0.15, 0.2) is 243 Å². The van der Waals surface area contributed by atoms with E-state index in [9.17, 15) is 0 Å². The van der Waals surface area contributed by atoms with Gasteiger partial charge in [-0.15, -0.1) is 0 Å². The zero-order chi connectivity index (χ0) is 38.7. The van der Waals surface area contributed by atoms with Gasteiger partial charge < -0.3 is 9.80 Å². The van der Waals surface area contributed by atoms with Gasteiger partial charge in [-0.25, -0.2) is 0 Å². The van der Waals surface area contributed by atoms with Crippen molar-refractivity contribution in [2.24, 2.45) is 0 Å². The molecular formula is C56H40N2. The highest BCUT2D eigenvalue weighted by Crippen LogP contribution is 2.45. The highest BCUT2D eigenvalue weighted by Gasteiger charge is 2.18. The maximum Gasteiger partial charge on any atom is 0.0462 e. The van der Waals surface area contributed by atoms with Crippen molar-refractivity contribution < 1.29 is 0 Å². The van der Waals surface area contributed by atoms with Gasteiger partial charge in [0, 0.05) is 34.1 Å². The highest BCUT2D eigenvalue weighted by atomic mass is 15.1. The quantitative estimate of drug-likeness (QED) is 0.136. The summed E-state index contributed by atoms with van der Waals surface area (Å²) in [7, 11) is 0. The van der Waals surface area contributed by atoms with Gasteiger partial charge in [-0.3, -0.25) is 0 Å². The Kier molecular flexibility index (Phi) is 9.27. The van der Waals surface area contributed by atoms with Gasteiger partial charge in [0.1, 0.15) is 0 Å². The largest absolute Gasteiger partial charge is 0.311 e. The van der Waals surface area contributed by atoms with Crippen molar-refractivity contribution in [3.05, 3.63) is 243 Å². The second-order valence-electron chi connectivity index (χ2n) is 14.5. The number of hydrogen-bond donors (Lipinski definition) is 0. The zero-order valence-corrected chi connectivity index (χ0v) is 32.0. The number of fused-ring (bicyclic) bond motifs is 2. The van der Waals surface area contributed by atoms with Crippen LogP contribution >= 0.6 is 0 Å². The molecule has 0 aliphatic carbocycles. The molecule has 0 saturated carbocycles. The third kappa shape index (κ3) is 6.57. The summed E-state index contributed by atoms with van der Waals surface area (Å²) < 4.78 is 0. The molecule has 0 aliphatic heterocycles. The topological polar surface area (TPSA) is 6.48 Å². The number of rotatable bonds is 9. The summed E-state index contributed by atoms with van der Waals surface area (Å²) in [4.78, 5) is 4.63. The Morgan fingerprint density at radius 1 is 0.172 bits per heavy atom. The lowest BCUT2D eigenvalue weighted by molar-refractivity contribution is 1.28. The highest BCUT2D eigenvalue weighted by molar-refractivity contribution is 6.21. The summed E-state index contributed by atoms with van der Waals surface area (Å²) in [6.07, 6.45) is 0. The number of para-hydroxylation sites is 3. The van der Waals surface area contributed by atoms with Crippen molar-refractivity contribution in [1.82, 2.24) is 0 Å². The van der Waals surface area contributed by atoms with Crippen LogP contribution in [0.25, 0.3) is 54.9 Å². The predicted molar refractivity (Wildman–Crippen MR) is 247 cm³/mol. The van der Waals surface area contributed by atoms with E-state index in [4.69, 9.17) is 0 Å². The summed E-state index contributed by atoms with van der Waals surface area (Å²) >= 11 is 0. The molecule has 274 valence electrons. The predicted octanol–water partition coefficient (Wildman–Crippen LogP) is 15.9. The van der Waals surface area contributed by atoms with E-state index in [0.29, 0.717) is 0 Å². The zero-order valence-electron chi connectivity index (χ0n) is 32.0. The van der Waals surface area contributed by atoms with Crippen LogP contribution in [0.2, 0.25) is 0 Å². The van der Waals surface area contributed by atoms with E-state index in [1.807, 2.05) is 0 Å². The van der Waals surface area contributed by atoms with Gasteiger partial charge in [0.05, 0.1) is 0 Å². The number of hydrogen-bond acceptors (Lipinski definition) is 2. The summed E-state index contributed by atoms with van der Waals surface area (Å²) in [5.41, 5.74) is 14.0. The molecule has 0 unspecified atom stereocenters. The van der Waals surface area contributed by atoms with Crippen LogP contribution in [-0.4, -0.2) is 0 Å². The van der Waals surface area contributed by atoms with E-state index in [0.717, 1.165) is 34.1 Å². The van der Waals surface area contributed by atoms with Crippen LogP contribution in [0.1, 0.15) is 0 Å². The van der Waals surface area contributed by atoms with Crippen LogP contribution in [0.4, 0.5) is 34.1 Å². The van der Waals surface area contributed by atoms with Crippen LogP contribution in [0, 0.1) is 0 Å². The standard InChI is InChI=1S/C56H40N2/c1-5-17-43(18-6-1)55-51-25-13-15-27-53(51)56(54-28-16-14-26-52(54)55)44-33-39-50(40-34-44)58(47-23-11-4-12-24-47)49-37-31-42(32-38-49)41-29-35-48(36-30-41)57(45-19-7-2-8-20-45)46-21-9-3-10-22-46/h1-40H. The first-order valence-electron chi connectivity index (χ1n) is 19.9. The first kappa shape index (κ1) is 34.8. The lowest BCUT2D eigenvalue weighted by Crippen LogP contribution is -2.09. The molecule has 0 N–H and O–H groups in total. The third-order valence-electron chi connectivity index (χ3n) is 11.0. The molecule has 10 aromatic carbocycles. The van der Waals surface area contributed by atoms with Gasteiger partial charge in [0.25, 0.3) is 0 Å². The molecule has 2 heteroatoms. The summed E-state index contributed by atoms with van der Waals surface area (Å²) in [5.74, 6) is 0. The fourth-order valence-corrected chi connectivity index (χ4v) is 8.36. The fraction of sp³-hybridized carbons (Fsp3) is 0. The first-order chi connectivity index (χ1) is 28.8. The molecular weight excluding hydrogens is 701 g/mol. The molecule has 10 rings (SSSR count). The van der Waals surface area contributed by atoms with Crippen molar-refractivity contribution in [2.75, 3.05) is 9.80 Å². The van der Waals surface area contributed by atoms with Gasteiger partial charge in [-0.05, 0) is 128 Å². The van der Waals surface area contributed by atoms with E-state index >= 15 is 0 Å². The van der Waals surface area contributed by atoms with E-state index in [2.05, 4.69) is 252 Å². The van der Waals surface area contributed by atoms with E-state index in [1.54, 1.807) is 0 Å². The lowest BCUT2D eigenvalue weighted by Gasteiger charge is -2.26. The lowest BCUT2D eigenvalue weighted by atomic mass is 9.86. The van der Waals surface area contributed by atoms with E-state index in [-0.39, 0.29) is 0 Å². The molecule has 10 aromatic rings. The van der Waals surface area contributed by atoms with Gasteiger partial charge >= 0.3 is 0 Å². The van der Waals surface area contributed by atoms with Crippen molar-refractivity contribution in [2.45, 2.75) is 0 Å². The maximum absolute atomic E-state index is 2.34.